The van der Waals surface area contributed by atoms with Crippen LogP contribution in [0.15, 0.2) is 42.5 Å². The summed E-state index contributed by atoms with van der Waals surface area (Å²) in [6.45, 7) is 7.25. The number of methoxy groups -OCH3 is 1. The number of nitrogens with one attached hydrogen (secondary N) is 1. The molecule has 2 amide bonds. The monoisotopic (exact) mass is 398 g/mol. The maximum atomic E-state index is 13.1. The van der Waals surface area contributed by atoms with Crippen LogP contribution in [0.5, 0.6) is 5.75 Å². The van der Waals surface area contributed by atoms with Crippen LogP contribution >= 0.6 is 0 Å². The topological polar surface area (TPSA) is 67.9 Å². The average Bonchev–Trinajstić information content (AvgIpc) is 2.72. The molecule has 0 fully saturated rings. The van der Waals surface area contributed by atoms with E-state index in [-0.39, 0.29) is 18.4 Å². The largest absolute Gasteiger partial charge is 0.496 e. The second-order valence-corrected chi connectivity index (χ2v) is 6.75. The molecule has 2 aromatic rings. The molecule has 156 valence electrons. The van der Waals surface area contributed by atoms with Gasteiger partial charge in [0.1, 0.15) is 12.3 Å². The molecule has 0 saturated heterocycles. The molecular weight excluding hydrogens is 368 g/mol. The summed E-state index contributed by atoms with van der Waals surface area (Å²) in [6.07, 6.45) is 0.755. The van der Waals surface area contributed by atoms with Crippen molar-refractivity contribution in [1.29, 1.82) is 0 Å². The van der Waals surface area contributed by atoms with Crippen LogP contribution in [0.1, 0.15) is 41.8 Å². The lowest BCUT2D eigenvalue weighted by Crippen LogP contribution is -2.38. The molecule has 0 aromatic heterocycles. The molecule has 6 nitrogen and oxygen atoms in total. The van der Waals surface area contributed by atoms with Gasteiger partial charge >= 0.3 is 0 Å². The Bertz CT molecular complexity index is 835. The van der Waals surface area contributed by atoms with E-state index in [2.05, 4.69) is 5.32 Å². The van der Waals surface area contributed by atoms with Gasteiger partial charge in [-0.05, 0) is 50.1 Å². The number of hydrogen-bond acceptors (Lipinski definition) is 4. The van der Waals surface area contributed by atoms with Crippen molar-refractivity contribution in [2.45, 2.75) is 33.8 Å². The van der Waals surface area contributed by atoms with Crippen molar-refractivity contribution in [3.63, 3.8) is 0 Å². The molecule has 0 radical (unpaired) electrons. The molecule has 0 aliphatic carbocycles. The van der Waals surface area contributed by atoms with Crippen LogP contribution < -0.4 is 10.1 Å². The number of amides is 2. The molecule has 6 heteroatoms. The van der Waals surface area contributed by atoms with E-state index in [1.54, 1.807) is 30.2 Å². The molecule has 0 aliphatic rings. The van der Waals surface area contributed by atoms with Crippen molar-refractivity contribution in [3.05, 3.63) is 59.2 Å². The zero-order valence-electron chi connectivity index (χ0n) is 17.7. The molecular formula is C23H30N2O4. The summed E-state index contributed by atoms with van der Waals surface area (Å²) in [5.41, 5.74) is 3.05. The van der Waals surface area contributed by atoms with Crippen molar-refractivity contribution in [2.75, 3.05) is 32.1 Å². The highest BCUT2D eigenvalue weighted by Gasteiger charge is 2.20. The van der Waals surface area contributed by atoms with Gasteiger partial charge in [0.25, 0.3) is 5.91 Å². The van der Waals surface area contributed by atoms with E-state index in [0.29, 0.717) is 31.1 Å². The number of para-hydroxylation sites is 1. The first-order valence-corrected chi connectivity index (χ1v) is 9.89. The number of ether oxygens (including phenoxy) is 2. The average molecular weight is 399 g/mol. The third-order valence-corrected chi connectivity index (χ3v) is 4.52. The Labute approximate surface area is 172 Å². The molecule has 0 atom stereocenters. The number of nitrogens with zero attached hydrogens (tertiary/aromatic N) is 1. The number of anilines is 1. The molecule has 0 unspecified atom stereocenters. The summed E-state index contributed by atoms with van der Waals surface area (Å²) in [6, 6.07) is 12.8. The number of carbonyl (C=O) groups is 2. The molecule has 2 aromatic carbocycles. The highest BCUT2D eigenvalue weighted by molar-refractivity contribution is 5.99. The van der Waals surface area contributed by atoms with E-state index >= 15 is 0 Å². The van der Waals surface area contributed by atoms with Gasteiger partial charge in [-0.2, -0.15) is 0 Å². The lowest BCUT2D eigenvalue weighted by atomic mass is 10.1. The second kappa shape index (κ2) is 11.2. The van der Waals surface area contributed by atoms with Crippen LogP contribution in [0, 0.1) is 6.92 Å². The Morgan fingerprint density at radius 1 is 1.10 bits per heavy atom. The van der Waals surface area contributed by atoms with E-state index in [1.807, 2.05) is 45.0 Å². The van der Waals surface area contributed by atoms with Crippen LogP contribution in [0.3, 0.4) is 0 Å². The zero-order valence-corrected chi connectivity index (χ0v) is 17.7. The van der Waals surface area contributed by atoms with E-state index in [1.165, 1.54) is 0 Å². The van der Waals surface area contributed by atoms with Gasteiger partial charge in [-0.1, -0.05) is 25.1 Å². The fourth-order valence-electron chi connectivity index (χ4n) is 3.02. The van der Waals surface area contributed by atoms with E-state index < -0.39 is 0 Å². The lowest BCUT2D eigenvalue weighted by molar-refractivity contribution is -0.116. The standard InChI is InChI=1S/C23H30N2O4/c1-5-13-25(15-22(26)24-20-10-8-7-9-17(20)3)23(27)18-11-12-21(28-4)19(14-18)16-29-6-2/h7-12,14H,5-6,13,15-16H2,1-4H3,(H,24,26). The summed E-state index contributed by atoms with van der Waals surface area (Å²) < 4.78 is 10.8. The summed E-state index contributed by atoms with van der Waals surface area (Å²) in [5.74, 6) is 0.269. The summed E-state index contributed by atoms with van der Waals surface area (Å²) in [7, 11) is 1.59. The number of hydrogen-bond donors (Lipinski definition) is 1. The van der Waals surface area contributed by atoms with Crippen LogP contribution in [-0.4, -0.2) is 43.5 Å². The van der Waals surface area contributed by atoms with Gasteiger partial charge in [-0.15, -0.1) is 0 Å². The molecule has 1 N–H and O–H groups in total. The van der Waals surface area contributed by atoms with Crippen molar-refractivity contribution >= 4 is 17.5 Å². The van der Waals surface area contributed by atoms with Crippen molar-refractivity contribution in [3.8, 4) is 5.75 Å². The normalized spacial score (nSPS) is 10.5. The predicted molar refractivity (Wildman–Crippen MR) is 114 cm³/mol. The van der Waals surface area contributed by atoms with Gasteiger partial charge in [0.2, 0.25) is 5.91 Å². The Morgan fingerprint density at radius 3 is 2.52 bits per heavy atom. The van der Waals surface area contributed by atoms with Crippen molar-refractivity contribution < 1.29 is 19.1 Å². The van der Waals surface area contributed by atoms with Gasteiger partial charge in [0.05, 0.1) is 13.7 Å². The molecule has 29 heavy (non-hydrogen) atoms. The van der Waals surface area contributed by atoms with Gasteiger partial charge < -0.3 is 19.7 Å². The number of aryl methyl sites for hydroxylation is 1. The fraction of sp³-hybridized carbons (Fsp3) is 0.391. The van der Waals surface area contributed by atoms with Crippen molar-refractivity contribution in [2.24, 2.45) is 0 Å². The molecule has 2 rings (SSSR count). The van der Waals surface area contributed by atoms with Gasteiger partial charge in [-0.25, -0.2) is 0 Å². The first-order valence-electron chi connectivity index (χ1n) is 9.89. The first-order chi connectivity index (χ1) is 14.0. The quantitative estimate of drug-likeness (QED) is 0.656. The lowest BCUT2D eigenvalue weighted by Gasteiger charge is -2.22. The first kappa shape index (κ1) is 22.4. The minimum Gasteiger partial charge on any atom is -0.496 e. The Balaban J connectivity index is 2.16. The number of benzene rings is 2. The van der Waals surface area contributed by atoms with Crippen molar-refractivity contribution in [1.82, 2.24) is 4.90 Å². The van der Waals surface area contributed by atoms with Crippen LogP contribution in [0.25, 0.3) is 0 Å². The zero-order chi connectivity index (χ0) is 21.2. The predicted octanol–water partition coefficient (Wildman–Crippen LogP) is 4.03. The van der Waals surface area contributed by atoms with E-state index in [0.717, 1.165) is 23.2 Å². The van der Waals surface area contributed by atoms with E-state index in [9.17, 15) is 9.59 Å². The molecule has 0 spiro atoms. The highest BCUT2D eigenvalue weighted by atomic mass is 16.5. The van der Waals surface area contributed by atoms with Crippen LogP contribution in [0.2, 0.25) is 0 Å². The summed E-state index contributed by atoms with van der Waals surface area (Å²) in [5, 5.41) is 2.89. The molecule has 0 bridgehead atoms. The second-order valence-electron chi connectivity index (χ2n) is 6.75. The van der Waals surface area contributed by atoms with Gasteiger partial charge in [0.15, 0.2) is 0 Å². The Morgan fingerprint density at radius 2 is 1.86 bits per heavy atom. The number of rotatable bonds is 10. The van der Waals surface area contributed by atoms with Gasteiger partial charge in [0, 0.05) is 30.0 Å². The van der Waals surface area contributed by atoms with Crippen LogP contribution in [0.4, 0.5) is 5.69 Å². The van der Waals surface area contributed by atoms with Crippen LogP contribution in [-0.2, 0) is 16.1 Å². The third-order valence-electron chi connectivity index (χ3n) is 4.52. The molecule has 0 aliphatic heterocycles. The van der Waals surface area contributed by atoms with E-state index in [4.69, 9.17) is 9.47 Å². The highest BCUT2D eigenvalue weighted by Crippen LogP contribution is 2.22. The minimum absolute atomic E-state index is 0.00612. The Hall–Kier alpha value is -2.86. The van der Waals surface area contributed by atoms with Gasteiger partial charge in [-0.3, -0.25) is 9.59 Å². The SMILES string of the molecule is CCCN(CC(=O)Nc1ccccc1C)C(=O)c1ccc(OC)c(COCC)c1. The smallest absolute Gasteiger partial charge is 0.254 e. The maximum Gasteiger partial charge on any atom is 0.254 e. The number of carbonyl (C=O) groups excluding carboxylic acids is 2. The Kier molecular flexibility index (Phi) is 8.68. The summed E-state index contributed by atoms with van der Waals surface area (Å²) in [4.78, 5) is 27.2. The minimum atomic E-state index is -0.218. The molecule has 0 heterocycles. The third kappa shape index (κ3) is 6.32. The fourth-order valence-corrected chi connectivity index (χ4v) is 3.02. The maximum absolute atomic E-state index is 13.1. The summed E-state index contributed by atoms with van der Waals surface area (Å²) >= 11 is 0. The molecule has 0 saturated carbocycles.